The molecule has 0 atom stereocenters. The first-order valence-electron chi connectivity index (χ1n) is 4.42. The first-order valence-corrected chi connectivity index (χ1v) is 5.24. The number of rotatable bonds is 4. The minimum Gasteiger partial charge on any atom is -0.387 e. The summed E-state index contributed by atoms with van der Waals surface area (Å²) in [6.07, 6.45) is 3.79. The zero-order chi connectivity index (χ0) is 9.68. The molecule has 3 nitrogen and oxygen atoms in total. The number of nitrogens with zero attached hydrogens (tertiary/aromatic N) is 2. The molecule has 13 heavy (non-hydrogen) atoms. The monoisotopic (exact) mass is 197 g/mol. The zero-order valence-electron chi connectivity index (χ0n) is 8.08. The minimum atomic E-state index is 0.629. The lowest BCUT2D eigenvalue weighted by atomic mass is 10.3. The highest BCUT2D eigenvalue weighted by molar-refractivity contribution is 7.11. The Morgan fingerprint density at radius 3 is 3.00 bits per heavy atom. The Morgan fingerprint density at radius 2 is 2.46 bits per heavy atom. The number of aryl methyl sites for hydroxylation is 1. The summed E-state index contributed by atoms with van der Waals surface area (Å²) in [5.41, 5.74) is 5.67. The van der Waals surface area contributed by atoms with E-state index in [2.05, 4.69) is 16.9 Å². The fraction of sp³-hybridized carbons (Fsp3) is 0.556. The van der Waals surface area contributed by atoms with Crippen molar-refractivity contribution in [2.45, 2.75) is 33.2 Å². The van der Waals surface area contributed by atoms with E-state index in [1.807, 2.05) is 13.1 Å². The third kappa shape index (κ3) is 3.55. The Labute approximate surface area is 82.7 Å². The summed E-state index contributed by atoms with van der Waals surface area (Å²) in [4.78, 5) is 9.67. The number of aliphatic imine (C=N–C) groups is 1. The molecule has 1 heterocycles. The summed E-state index contributed by atoms with van der Waals surface area (Å²) in [5, 5.41) is 1.04. The standard InChI is InChI=1S/C9H15N3S/c1-3-4-8(10)11-6-9-12-5-7(2)13-9/h5H,3-4,6H2,1-2H3,(H2,10,11). The van der Waals surface area contributed by atoms with Crippen LogP contribution in [0.15, 0.2) is 11.2 Å². The molecule has 4 heteroatoms. The second kappa shape index (κ2) is 4.97. The van der Waals surface area contributed by atoms with E-state index in [0.717, 1.165) is 23.7 Å². The van der Waals surface area contributed by atoms with Crippen molar-refractivity contribution in [1.29, 1.82) is 0 Å². The molecule has 1 aromatic heterocycles. The number of hydrogen-bond acceptors (Lipinski definition) is 3. The van der Waals surface area contributed by atoms with Crippen molar-refractivity contribution < 1.29 is 0 Å². The van der Waals surface area contributed by atoms with E-state index in [0.29, 0.717) is 6.54 Å². The number of thiazole rings is 1. The zero-order valence-corrected chi connectivity index (χ0v) is 8.90. The van der Waals surface area contributed by atoms with Crippen molar-refractivity contribution in [3.8, 4) is 0 Å². The molecule has 1 rings (SSSR count). The predicted octanol–water partition coefficient (Wildman–Crippen LogP) is 2.11. The van der Waals surface area contributed by atoms with Crippen LogP contribution in [0.25, 0.3) is 0 Å². The molecule has 72 valence electrons. The summed E-state index contributed by atoms with van der Waals surface area (Å²) in [6, 6.07) is 0. The highest BCUT2D eigenvalue weighted by Crippen LogP contribution is 2.11. The number of amidine groups is 1. The molecule has 0 spiro atoms. The van der Waals surface area contributed by atoms with Gasteiger partial charge in [-0.05, 0) is 13.3 Å². The molecule has 2 N–H and O–H groups in total. The van der Waals surface area contributed by atoms with Gasteiger partial charge in [0.05, 0.1) is 12.4 Å². The highest BCUT2D eigenvalue weighted by atomic mass is 32.1. The summed E-state index contributed by atoms with van der Waals surface area (Å²) in [6.45, 7) is 4.76. The van der Waals surface area contributed by atoms with Gasteiger partial charge in [-0.25, -0.2) is 4.98 Å². The van der Waals surface area contributed by atoms with Crippen molar-refractivity contribution in [3.05, 3.63) is 16.1 Å². The van der Waals surface area contributed by atoms with Gasteiger partial charge in [0.2, 0.25) is 0 Å². The van der Waals surface area contributed by atoms with Crippen LogP contribution in [-0.4, -0.2) is 10.8 Å². The topological polar surface area (TPSA) is 51.3 Å². The van der Waals surface area contributed by atoms with Crippen LogP contribution in [0.5, 0.6) is 0 Å². The second-order valence-corrected chi connectivity index (χ2v) is 4.24. The van der Waals surface area contributed by atoms with E-state index in [9.17, 15) is 0 Å². The largest absolute Gasteiger partial charge is 0.387 e. The third-order valence-corrected chi connectivity index (χ3v) is 2.49. The van der Waals surface area contributed by atoms with Crippen LogP contribution in [0, 0.1) is 6.92 Å². The molecule has 0 aliphatic rings. The second-order valence-electron chi connectivity index (χ2n) is 2.92. The van der Waals surface area contributed by atoms with Gasteiger partial charge in [-0.2, -0.15) is 0 Å². The van der Waals surface area contributed by atoms with Crippen molar-refractivity contribution >= 4 is 17.2 Å². The molecule has 0 aromatic carbocycles. The quantitative estimate of drug-likeness (QED) is 0.593. The van der Waals surface area contributed by atoms with Crippen LogP contribution < -0.4 is 5.73 Å². The predicted molar refractivity (Wildman–Crippen MR) is 57.1 cm³/mol. The maximum atomic E-state index is 5.67. The van der Waals surface area contributed by atoms with E-state index in [4.69, 9.17) is 5.73 Å². The van der Waals surface area contributed by atoms with Gasteiger partial charge in [0, 0.05) is 17.5 Å². The van der Waals surface area contributed by atoms with Crippen molar-refractivity contribution in [1.82, 2.24) is 4.98 Å². The molecule has 0 bridgehead atoms. The molecule has 0 radical (unpaired) electrons. The first-order chi connectivity index (χ1) is 6.22. The van der Waals surface area contributed by atoms with Crippen LogP contribution in [0.4, 0.5) is 0 Å². The summed E-state index contributed by atoms with van der Waals surface area (Å²) >= 11 is 1.67. The molecule has 1 aromatic rings. The van der Waals surface area contributed by atoms with Crippen LogP contribution in [-0.2, 0) is 6.54 Å². The van der Waals surface area contributed by atoms with Gasteiger partial charge in [-0.1, -0.05) is 6.92 Å². The number of nitrogens with two attached hydrogens (primary N) is 1. The van der Waals surface area contributed by atoms with Gasteiger partial charge in [0.15, 0.2) is 0 Å². The van der Waals surface area contributed by atoms with Gasteiger partial charge >= 0.3 is 0 Å². The average molecular weight is 197 g/mol. The summed E-state index contributed by atoms with van der Waals surface area (Å²) in [7, 11) is 0. The molecular formula is C9H15N3S. The number of hydrogen-bond donors (Lipinski definition) is 1. The fourth-order valence-electron chi connectivity index (χ4n) is 0.979. The highest BCUT2D eigenvalue weighted by Gasteiger charge is 1.97. The van der Waals surface area contributed by atoms with Crippen LogP contribution >= 0.6 is 11.3 Å². The Morgan fingerprint density at radius 1 is 1.69 bits per heavy atom. The lowest BCUT2D eigenvalue weighted by Gasteiger charge is -1.95. The molecule has 0 amide bonds. The van der Waals surface area contributed by atoms with E-state index < -0.39 is 0 Å². The smallest absolute Gasteiger partial charge is 0.114 e. The third-order valence-electron chi connectivity index (χ3n) is 1.59. The van der Waals surface area contributed by atoms with Crippen molar-refractivity contribution in [2.24, 2.45) is 10.7 Å². The maximum Gasteiger partial charge on any atom is 0.114 e. The van der Waals surface area contributed by atoms with Gasteiger partial charge in [-0.15, -0.1) is 11.3 Å². The molecule has 0 fully saturated rings. The lowest BCUT2D eigenvalue weighted by molar-refractivity contribution is 0.949. The molecule has 0 aliphatic carbocycles. The molecule has 0 saturated carbocycles. The van der Waals surface area contributed by atoms with Gasteiger partial charge in [-0.3, -0.25) is 4.99 Å². The van der Waals surface area contributed by atoms with Gasteiger partial charge < -0.3 is 5.73 Å². The molecule has 0 saturated heterocycles. The Kier molecular flexibility index (Phi) is 3.89. The normalized spacial score (nSPS) is 12.0. The van der Waals surface area contributed by atoms with E-state index >= 15 is 0 Å². The van der Waals surface area contributed by atoms with E-state index in [1.54, 1.807) is 11.3 Å². The average Bonchev–Trinajstić information content (AvgIpc) is 2.49. The van der Waals surface area contributed by atoms with E-state index in [-0.39, 0.29) is 0 Å². The Bertz CT molecular complexity index is 291. The van der Waals surface area contributed by atoms with Crippen LogP contribution in [0.3, 0.4) is 0 Å². The first kappa shape index (κ1) is 10.2. The maximum absolute atomic E-state index is 5.67. The SMILES string of the molecule is CCCC(N)=NCc1ncc(C)s1. The van der Waals surface area contributed by atoms with Gasteiger partial charge in [0.25, 0.3) is 0 Å². The van der Waals surface area contributed by atoms with Gasteiger partial charge in [0.1, 0.15) is 5.01 Å². The molecular weight excluding hydrogens is 182 g/mol. The van der Waals surface area contributed by atoms with Crippen molar-refractivity contribution in [3.63, 3.8) is 0 Å². The minimum absolute atomic E-state index is 0.629. The molecule has 0 aliphatic heterocycles. The summed E-state index contributed by atoms with van der Waals surface area (Å²) < 4.78 is 0. The van der Waals surface area contributed by atoms with Crippen LogP contribution in [0.2, 0.25) is 0 Å². The summed E-state index contributed by atoms with van der Waals surface area (Å²) in [5.74, 6) is 0.732. The Hall–Kier alpha value is -0.900. The Balaban J connectivity index is 2.46. The van der Waals surface area contributed by atoms with Crippen molar-refractivity contribution in [2.75, 3.05) is 0 Å². The van der Waals surface area contributed by atoms with Crippen LogP contribution in [0.1, 0.15) is 29.7 Å². The lowest BCUT2D eigenvalue weighted by Crippen LogP contribution is -2.10. The molecule has 0 unspecified atom stereocenters. The number of aromatic nitrogens is 1. The van der Waals surface area contributed by atoms with E-state index in [1.165, 1.54) is 4.88 Å². The fourth-order valence-corrected chi connectivity index (χ4v) is 1.69.